The molecule has 1 unspecified atom stereocenters. The van der Waals surface area contributed by atoms with Gasteiger partial charge in [-0.15, -0.1) is 0 Å². The summed E-state index contributed by atoms with van der Waals surface area (Å²) >= 11 is 0. The Hall–Kier alpha value is -1.09. The number of aliphatic hydroxyl groups excluding tert-OH is 1. The maximum atomic E-state index is 10.1. The normalized spacial score (nSPS) is 19.1. The van der Waals surface area contributed by atoms with Crippen LogP contribution in [-0.4, -0.2) is 16.2 Å². The van der Waals surface area contributed by atoms with E-state index in [0.29, 0.717) is 18.2 Å². The fourth-order valence-electron chi connectivity index (χ4n) is 2.77. The number of rotatable bonds is 4. The molecule has 1 aromatic heterocycles. The monoisotopic (exact) mass is 234 g/mol. The quantitative estimate of drug-likeness (QED) is 0.841. The molecule has 0 bridgehead atoms. The Morgan fingerprint density at radius 3 is 2.82 bits per heavy atom. The summed E-state index contributed by atoms with van der Waals surface area (Å²) in [6.45, 7) is 0. The predicted octanol–water partition coefficient (Wildman–Crippen LogP) is 2.54. The van der Waals surface area contributed by atoms with Crippen molar-refractivity contribution >= 4 is 5.82 Å². The third-order valence-corrected chi connectivity index (χ3v) is 3.71. The summed E-state index contributed by atoms with van der Waals surface area (Å²) in [5.74, 6) is 1.26. The zero-order chi connectivity index (χ0) is 12.1. The second kappa shape index (κ2) is 6.01. The minimum Gasteiger partial charge on any atom is -0.393 e. The average Bonchev–Trinajstić information content (AvgIpc) is 2.33. The van der Waals surface area contributed by atoms with E-state index in [2.05, 4.69) is 4.98 Å². The topological polar surface area (TPSA) is 59.1 Å². The molecular weight excluding hydrogens is 212 g/mol. The lowest BCUT2D eigenvalue weighted by atomic mass is 9.84. The molecular formula is C14H22N2O. The van der Waals surface area contributed by atoms with Gasteiger partial charge in [0.2, 0.25) is 0 Å². The van der Waals surface area contributed by atoms with Gasteiger partial charge in [-0.1, -0.05) is 38.2 Å². The van der Waals surface area contributed by atoms with E-state index in [0.717, 1.165) is 12.0 Å². The van der Waals surface area contributed by atoms with Crippen LogP contribution in [0, 0.1) is 5.92 Å². The van der Waals surface area contributed by atoms with Crippen LogP contribution in [-0.2, 0) is 6.42 Å². The van der Waals surface area contributed by atoms with E-state index >= 15 is 0 Å². The Labute approximate surface area is 103 Å². The third-order valence-electron chi connectivity index (χ3n) is 3.71. The SMILES string of the molecule is Nc1ncccc1CC(O)CC1CCCCC1. The molecule has 1 aliphatic rings. The molecule has 0 aromatic carbocycles. The zero-order valence-corrected chi connectivity index (χ0v) is 10.3. The van der Waals surface area contributed by atoms with E-state index in [-0.39, 0.29) is 6.10 Å². The molecule has 3 N–H and O–H groups in total. The highest BCUT2D eigenvalue weighted by molar-refractivity contribution is 5.38. The molecule has 3 nitrogen and oxygen atoms in total. The molecule has 1 saturated carbocycles. The summed E-state index contributed by atoms with van der Waals surface area (Å²) < 4.78 is 0. The zero-order valence-electron chi connectivity index (χ0n) is 10.3. The first kappa shape index (κ1) is 12.4. The number of nitrogen functional groups attached to an aromatic ring is 1. The van der Waals surface area contributed by atoms with Crippen LogP contribution in [0.2, 0.25) is 0 Å². The number of aliphatic hydroxyl groups is 1. The van der Waals surface area contributed by atoms with Crippen LogP contribution < -0.4 is 5.73 Å². The van der Waals surface area contributed by atoms with Gasteiger partial charge in [0.05, 0.1) is 6.10 Å². The lowest BCUT2D eigenvalue weighted by Crippen LogP contribution is -2.19. The Bertz CT molecular complexity index is 348. The first-order valence-corrected chi connectivity index (χ1v) is 6.63. The van der Waals surface area contributed by atoms with Crippen LogP contribution in [0.1, 0.15) is 44.1 Å². The Balaban J connectivity index is 1.84. The van der Waals surface area contributed by atoms with Gasteiger partial charge in [0.25, 0.3) is 0 Å². The maximum absolute atomic E-state index is 10.1. The van der Waals surface area contributed by atoms with Crippen molar-refractivity contribution in [3.8, 4) is 0 Å². The molecule has 0 amide bonds. The number of aromatic nitrogens is 1. The van der Waals surface area contributed by atoms with Crippen molar-refractivity contribution in [1.29, 1.82) is 0 Å². The van der Waals surface area contributed by atoms with Gasteiger partial charge in [0, 0.05) is 12.6 Å². The summed E-state index contributed by atoms with van der Waals surface area (Å²) in [6, 6.07) is 3.82. The van der Waals surface area contributed by atoms with E-state index in [4.69, 9.17) is 5.73 Å². The lowest BCUT2D eigenvalue weighted by molar-refractivity contribution is 0.130. The minimum absolute atomic E-state index is 0.274. The molecule has 2 rings (SSSR count). The maximum Gasteiger partial charge on any atom is 0.126 e. The highest BCUT2D eigenvalue weighted by Crippen LogP contribution is 2.28. The molecule has 1 aliphatic carbocycles. The Kier molecular flexibility index (Phi) is 4.37. The summed E-state index contributed by atoms with van der Waals surface area (Å²) in [7, 11) is 0. The van der Waals surface area contributed by atoms with Gasteiger partial charge >= 0.3 is 0 Å². The molecule has 0 spiro atoms. The molecule has 94 valence electrons. The number of nitrogens with two attached hydrogens (primary N) is 1. The van der Waals surface area contributed by atoms with Gasteiger partial charge in [-0.3, -0.25) is 0 Å². The van der Waals surface area contributed by atoms with Crippen molar-refractivity contribution in [3.63, 3.8) is 0 Å². The van der Waals surface area contributed by atoms with Crippen molar-refractivity contribution < 1.29 is 5.11 Å². The third kappa shape index (κ3) is 3.70. The largest absolute Gasteiger partial charge is 0.393 e. The van der Waals surface area contributed by atoms with Crippen LogP contribution in [0.3, 0.4) is 0 Å². The first-order chi connectivity index (χ1) is 8.25. The van der Waals surface area contributed by atoms with Crippen molar-refractivity contribution in [2.45, 2.75) is 51.0 Å². The van der Waals surface area contributed by atoms with Crippen molar-refractivity contribution in [2.24, 2.45) is 5.92 Å². The lowest BCUT2D eigenvalue weighted by Gasteiger charge is -2.24. The van der Waals surface area contributed by atoms with E-state index < -0.39 is 0 Å². The summed E-state index contributed by atoms with van der Waals surface area (Å²) in [6.07, 6.45) is 9.53. The second-order valence-electron chi connectivity index (χ2n) is 5.15. The molecule has 1 heterocycles. The summed E-state index contributed by atoms with van der Waals surface area (Å²) in [5.41, 5.74) is 6.75. The van der Waals surface area contributed by atoms with Crippen LogP contribution >= 0.6 is 0 Å². The molecule has 1 atom stereocenters. The summed E-state index contributed by atoms with van der Waals surface area (Å²) in [5, 5.41) is 10.1. The number of hydrogen-bond acceptors (Lipinski definition) is 3. The molecule has 1 fully saturated rings. The molecule has 17 heavy (non-hydrogen) atoms. The molecule has 0 saturated heterocycles. The fraction of sp³-hybridized carbons (Fsp3) is 0.643. The van der Waals surface area contributed by atoms with Crippen molar-refractivity contribution in [3.05, 3.63) is 23.9 Å². The standard InChI is InChI=1S/C14H22N2O/c15-14-12(7-4-8-16-14)10-13(17)9-11-5-2-1-3-6-11/h4,7-8,11,13,17H,1-3,5-6,9-10H2,(H2,15,16). The Morgan fingerprint density at radius 2 is 2.12 bits per heavy atom. The van der Waals surface area contributed by atoms with Gasteiger partial charge in [0.15, 0.2) is 0 Å². The number of anilines is 1. The summed E-state index contributed by atoms with van der Waals surface area (Å²) in [4.78, 5) is 4.05. The average molecular weight is 234 g/mol. The Morgan fingerprint density at radius 1 is 1.35 bits per heavy atom. The molecule has 3 heteroatoms. The van der Waals surface area contributed by atoms with Gasteiger partial charge in [-0.05, 0) is 24.0 Å². The minimum atomic E-state index is -0.274. The highest BCUT2D eigenvalue weighted by atomic mass is 16.3. The van der Waals surface area contributed by atoms with Gasteiger partial charge in [-0.25, -0.2) is 4.98 Å². The van der Waals surface area contributed by atoms with Crippen molar-refractivity contribution in [1.82, 2.24) is 4.98 Å². The van der Waals surface area contributed by atoms with Gasteiger partial charge in [-0.2, -0.15) is 0 Å². The highest BCUT2D eigenvalue weighted by Gasteiger charge is 2.18. The number of pyridine rings is 1. The molecule has 1 aromatic rings. The number of nitrogens with zero attached hydrogens (tertiary/aromatic N) is 1. The van der Waals surface area contributed by atoms with Crippen molar-refractivity contribution in [2.75, 3.05) is 5.73 Å². The van der Waals surface area contributed by atoms with Crippen LogP contribution in [0.5, 0.6) is 0 Å². The number of hydrogen-bond donors (Lipinski definition) is 2. The van der Waals surface area contributed by atoms with Crippen LogP contribution in [0.4, 0.5) is 5.82 Å². The van der Waals surface area contributed by atoms with E-state index in [1.807, 2.05) is 12.1 Å². The van der Waals surface area contributed by atoms with E-state index in [1.54, 1.807) is 6.20 Å². The fourth-order valence-corrected chi connectivity index (χ4v) is 2.77. The van der Waals surface area contributed by atoms with Gasteiger partial charge < -0.3 is 10.8 Å². The van der Waals surface area contributed by atoms with Crippen LogP contribution in [0.15, 0.2) is 18.3 Å². The van der Waals surface area contributed by atoms with Crippen LogP contribution in [0.25, 0.3) is 0 Å². The van der Waals surface area contributed by atoms with E-state index in [1.165, 1.54) is 32.1 Å². The molecule has 0 radical (unpaired) electrons. The van der Waals surface area contributed by atoms with Gasteiger partial charge in [0.1, 0.15) is 5.82 Å². The predicted molar refractivity (Wildman–Crippen MR) is 69.6 cm³/mol. The molecule has 0 aliphatic heterocycles. The van der Waals surface area contributed by atoms with E-state index in [9.17, 15) is 5.11 Å². The smallest absolute Gasteiger partial charge is 0.126 e. The first-order valence-electron chi connectivity index (χ1n) is 6.63. The second-order valence-corrected chi connectivity index (χ2v) is 5.15.